The summed E-state index contributed by atoms with van der Waals surface area (Å²) in [5.41, 5.74) is 0.785. The number of nitrogens with one attached hydrogen (secondary N) is 2. The van der Waals surface area contributed by atoms with Gasteiger partial charge in [-0.15, -0.1) is 0 Å². The summed E-state index contributed by atoms with van der Waals surface area (Å²) in [4.78, 5) is 25.8. The Kier molecular flexibility index (Phi) is 5.99. The SMILES string of the molecule is O=C(CN(Cc1cccc(F)c1)CC1CCCO1)NC(=O)NC1CC1. The lowest BCUT2D eigenvalue weighted by Crippen LogP contribution is -2.46. The molecule has 0 spiro atoms. The Morgan fingerprint density at radius 3 is 2.80 bits per heavy atom. The second kappa shape index (κ2) is 8.40. The molecule has 3 amide bonds. The molecule has 1 saturated carbocycles. The van der Waals surface area contributed by atoms with Gasteiger partial charge in [-0.1, -0.05) is 12.1 Å². The molecule has 2 fully saturated rings. The number of carbonyl (C=O) groups is 2. The predicted molar refractivity (Wildman–Crippen MR) is 90.3 cm³/mol. The molecule has 6 nitrogen and oxygen atoms in total. The van der Waals surface area contributed by atoms with Gasteiger partial charge < -0.3 is 10.1 Å². The second-order valence-corrected chi connectivity index (χ2v) is 6.73. The highest BCUT2D eigenvalue weighted by Crippen LogP contribution is 2.18. The number of carbonyl (C=O) groups excluding carboxylic acids is 2. The minimum atomic E-state index is -0.449. The Balaban J connectivity index is 1.56. The van der Waals surface area contributed by atoms with E-state index in [0.29, 0.717) is 13.1 Å². The average Bonchev–Trinajstić information content (AvgIpc) is 3.19. The summed E-state index contributed by atoms with van der Waals surface area (Å²) in [6.45, 7) is 1.80. The van der Waals surface area contributed by atoms with Crippen molar-refractivity contribution in [3.05, 3.63) is 35.6 Å². The monoisotopic (exact) mass is 349 g/mol. The normalized spacial score (nSPS) is 19.8. The number of imide groups is 1. The van der Waals surface area contributed by atoms with Crippen molar-refractivity contribution in [2.45, 2.75) is 44.4 Å². The second-order valence-electron chi connectivity index (χ2n) is 6.73. The maximum absolute atomic E-state index is 13.4. The first-order chi connectivity index (χ1) is 12.1. The fraction of sp³-hybridized carbons (Fsp3) is 0.556. The van der Waals surface area contributed by atoms with E-state index in [2.05, 4.69) is 10.6 Å². The largest absolute Gasteiger partial charge is 0.377 e. The van der Waals surface area contributed by atoms with Crippen LogP contribution in [0.5, 0.6) is 0 Å². The smallest absolute Gasteiger partial charge is 0.321 e. The van der Waals surface area contributed by atoms with E-state index in [4.69, 9.17) is 4.74 Å². The topological polar surface area (TPSA) is 70.7 Å². The number of amides is 3. The van der Waals surface area contributed by atoms with Gasteiger partial charge in [0, 0.05) is 25.7 Å². The van der Waals surface area contributed by atoms with Crippen LogP contribution in [0.4, 0.5) is 9.18 Å². The maximum Gasteiger partial charge on any atom is 0.321 e. The predicted octanol–water partition coefficient (Wildman–Crippen LogP) is 1.79. The van der Waals surface area contributed by atoms with Gasteiger partial charge in [-0.05, 0) is 43.4 Å². The number of hydrogen-bond acceptors (Lipinski definition) is 4. The molecule has 7 heteroatoms. The zero-order valence-electron chi connectivity index (χ0n) is 14.2. The molecule has 3 rings (SSSR count). The molecular weight excluding hydrogens is 325 g/mol. The van der Waals surface area contributed by atoms with Crippen LogP contribution in [-0.4, -0.2) is 48.7 Å². The fourth-order valence-corrected chi connectivity index (χ4v) is 2.97. The first-order valence-corrected chi connectivity index (χ1v) is 8.77. The van der Waals surface area contributed by atoms with Crippen LogP contribution in [0.1, 0.15) is 31.2 Å². The minimum Gasteiger partial charge on any atom is -0.377 e. The van der Waals surface area contributed by atoms with Crippen molar-refractivity contribution in [3.63, 3.8) is 0 Å². The van der Waals surface area contributed by atoms with E-state index in [1.807, 2.05) is 11.0 Å². The van der Waals surface area contributed by atoms with Crippen molar-refractivity contribution < 1.29 is 18.7 Å². The summed E-state index contributed by atoms with van der Waals surface area (Å²) in [7, 11) is 0. The van der Waals surface area contributed by atoms with E-state index in [1.54, 1.807) is 6.07 Å². The maximum atomic E-state index is 13.4. The standard InChI is InChI=1S/C18H24FN3O3/c19-14-4-1-3-13(9-14)10-22(11-16-5-2-8-25-16)12-17(23)21-18(24)20-15-6-7-15/h1,3-4,9,15-16H,2,5-8,10-12H2,(H2,20,21,23,24). The molecule has 1 saturated heterocycles. The summed E-state index contributed by atoms with van der Waals surface area (Å²) < 4.78 is 19.1. The number of hydrogen-bond donors (Lipinski definition) is 2. The summed E-state index contributed by atoms with van der Waals surface area (Å²) in [5.74, 6) is -0.671. The fourth-order valence-electron chi connectivity index (χ4n) is 2.97. The van der Waals surface area contributed by atoms with Gasteiger partial charge >= 0.3 is 6.03 Å². The van der Waals surface area contributed by atoms with Crippen LogP contribution in [0.3, 0.4) is 0 Å². The van der Waals surface area contributed by atoms with Crippen LogP contribution in [0.2, 0.25) is 0 Å². The third-order valence-electron chi connectivity index (χ3n) is 4.31. The van der Waals surface area contributed by atoms with E-state index in [0.717, 1.165) is 37.9 Å². The van der Waals surface area contributed by atoms with Crippen LogP contribution in [-0.2, 0) is 16.1 Å². The Labute approximate surface area is 146 Å². The molecule has 1 aromatic rings. The summed E-state index contributed by atoms with van der Waals surface area (Å²) in [6, 6.07) is 6.07. The van der Waals surface area contributed by atoms with Gasteiger partial charge in [0.1, 0.15) is 5.82 Å². The van der Waals surface area contributed by atoms with Gasteiger partial charge in [-0.2, -0.15) is 0 Å². The quantitative estimate of drug-likeness (QED) is 0.787. The molecule has 1 aromatic carbocycles. The van der Waals surface area contributed by atoms with Crippen molar-refractivity contribution in [1.29, 1.82) is 0 Å². The van der Waals surface area contributed by atoms with E-state index in [-0.39, 0.29) is 30.4 Å². The Morgan fingerprint density at radius 2 is 2.12 bits per heavy atom. The minimum absolute atomic E-state index is 0.0639. The van der Waals surface area contributed by atoms with E-state index < -0.39 is 6.03 Å². The van der Waals surface area contributed by atoms with E-state index in [9.17, 15) is 14.0 Å². The Hall–Kier alpha value is -1.99. The van der Waals surface area contributed by atoms with Gasteiger partial charge in [-0.25, -0.2) is 9.18 Å². The van der Waals surface area contributed by atoms with Crippen LogP contribution in [0.15, 0.2) is 24.3 Å². The lowest BCUT2D eigenvalue weighted by Gasteiger charge is -2.24. The number of halogens is 1. The first-order valence-electron chi connectivity index (χ1n) is 8.77. The summed E-state index contributed by atoms with van der Waals surface area (Å²) >= 11 is 0. The molecule has 2 N–H and O–H groups in total. The third-order valence-corrected chi connectivity index (χ3v) is 4.31. The van der Waals surface area contributed by atoms with Gasteiger partial charge in [0.05, 0.1) is 12.6 Å². The van der Waals surface area contributed by atoms with Crippen LogP contribution in [0.25, 0.3) is 0 Å². The summed E-state index contributed by atoms with van der Waals surface area (Å²) in [6.07, 6.45) is 3.96. The highest BCUT2D eigenvalue weighted by atomic mass is 19.1. The number of rotatable bonds is 7. The van der Waals surface area contributed by atoms with Crippen molar-refractivity contribution >= 4 is 11.9 Å². The van der Waals surface area contributed by atoms with Gasteiger partial charge in [0.25, 0.3) is 0 Å². The number of benzene rings is 1. The van der Waals surface area contributed by atoms with Crippen LogP contribution < -0.4 is 10.6 Å². The highest BCUT2D eigenvalue weighted by Gasteiger charge is 2.25. The molecule has 1 aliphatic heterocycles. The molecule has 0 aromatic heterocycles. The molecule has 1 atom stereocenters. The summed E-state index contributed by atoms with van der Waals surface area (Å²) in [5, 5.41) is 5.08. The number of ether oxygens (including phenoxy) is 1. The molecule has 0 radical (unpaired) electrons. The van der Waals surface area contributed by atoms with Crippen molar-refractivity contribution in [1.82, 2.24) is 15.5 Å². The molecule has 0 bridgehead atoms. The molecule has 136 valence electrons. The lowest BCUT2D eigenvalue weighted by molar-refractivity contribution is -0.121. The molecule has 1 unspecified atom stereocenters. The van der Waals surface area contributed by atoms with Crippen LogP contribution in [0, 0.1) is 5.82 Å². The first kappa shape index (κ1) is 17.8. The van der Waals surface area contributed by atoms with Gasteiger partial charge in [0.15, 0.2) is 0 Å². The van der Waals surface area contributed by atoms with Crippen molar-refractivity contribution in [3.8, 4) is 0 Å². The Morgan fingerprint density at radius 1 is 1.28 bits per heavy atom. The van der Waals surface area contributed by atoms with Crippen molar-refractivity contribution in [2.24, 2.45) is 0 Å². The lowest BCUT2D eigenvalue weighted by atomic mass is 10.1. The highest BCUT2D eigenvalue weighted by molar-refractivity contribution is 5.95. The molecule has 25 heavy (non-hydrogen) atoms. The van der Waals surface area contributed by atoms with Crippen molar-refractivity contribution in [2.75, 3.05) is 19.7 Å². The molecule has 1 aliphatic carbocycles. The zero-order chi connectivity index (χ0) is 17.6. The molecular formula is C18H24FN3O3. The Bertz CT molecular complexity index is 615. The van der Waals surface area contributed by atoms with E-state index >= 15 is 0 Å². The van der Waals surface area contributed by atoms with Gasteiger partial charge in [-0.3, -0.25) is 15.0 Å². The average molecular weight is 349 g/mol. The number of urea groups is 1. The third kappa shape index (κ3) is 6.10. The number of nitrogens with zero attached hydrogens (tertiary/aromatic N) is 1. The van der Waals surface area contributed by atoms with E-state index in [1.165, 1.54) is 12.1 Å². The molecule has 1 heterocycles. The zero-order valence-corrected chi connectivity index (χ0v) is 14.2. The molecule has 2 aliphatic rings. The van der Waals surface area contributed by atoms with Crippen LogP contribution >= 0.6 is 0 Å². The van der Waals surface area contributed by atoms with Gasteiger partial charge in [0.2, 0.25) is 5.91 Å².